The highest BCUT2D eigenvalue weighted by Crippen LogP contribution is 2.13. The van der Waals surface area contributed by atoms with E-state index in [9.17, 15) is 0 Å². The average molecular weight is 472 g/mol. The predicted octanol–water partition coefficient (Wildman–Crippen LogP) is 2.32. The molecule has 1 aromatic carbocycles. The van der Waals surface area contributed by atoms with Gasteiger partial charge in [0.1, 0.15) is 25.2 Å². The molecule has 1 fully saturated rings. The van der Waals surface area contributed by atoms with Gasteiger partial charge >= 0.3 is 0 Å². The standard InChI is InChI=1S/C19H28N4O2.HI/c1-20-19(21-12-18-15-24-10-11-25-18)22-17-8-5-9-23(14-17)13-16-6-3-2-4-7-16;/h2-4,6-7,15,17H,5,8-14H2,1H3,(H2,20,21,22);1H. The lowest BCUT2D eigenvalue weighted by atomic mass is 10.0. The zero-order valence-electron chi connectivity index (χ0n) is 15.3. The van der Waals surface area contributed by atoms with E-state index in [1.807, 2.05) is 0 Å². The third-order valence-corrected chi connectivity index (χ3v) is 4.45. The van der Waals surface area contributed by atoms with Crippen molar-refractivity contribution in [2.24, 2.45) is 4.99 Å². The fourth-order valence-corrected chi connectivity index (χ4v) is 3.22. The van der Waals surface area contributed by atoms with Gasteiger partial charge in [-0.15, -0.1) is 24.0 Å². The summed E-state index contributed by atoms with van der Waals surface area (Å²) >= 11 is 0. The van der Waals surface area contributed by atoms with Gasteiger partial charge in [0.2, 0.25) is 0 Å². The summed E-state index contributed by atoms with van der Waals surface area (Å²) in [6.07, 6.45) is 4.03. The van der Waals surface area contributed by atoms with E-state index in [4.69, 9.17) is 9.47 Å². The second kappa shape index (κ2) is 11.3. The molecular weight excluding hydrogens is 443 g/mol. The summed E-state index contributed by atoms with van der Waals surface area (Å²) in [7, 11) is 1.80. The molecule has 26 heavy (non-hydrogen) atoms. The second-order valence-electron chi connectivity index (χ2n) is 6.43. The Morgan fingerprint density at radius 3 is 2.85 bits per heavy atom. The second-order valence-corrected chi connectivity index (χ2v) is 6.43. The Bertz CT molecular complexity index is 594. The van der Waals surface area contributed by atoms with E-state index in [2.05, 4.69) is 50.9 Å². The molecule has 2 aliphatic rings. The fourth-order valence-electron chi connectivity index (χ4n) is 3.22. The van der Waals surface area contributed by atoms with Crippen LogP contribution in [0.25, 0.3) is 0 Å². The lowest BCUT2D eigenvalue weighted by Gasteiger charge is -2.34. The van der Waals surface area contributed by atoms with Gasteiger partial charge in [0, 0.05) is 26.2 Å². The molecule has 144 valence electrons. The number of piperidine rings is 1. The average Bonchev–Trinajstić information content (AvgIpc) is 2.67. The van der Waals surface area contributed by atoms with E-state index in [-0.39, 0.29) is 24.0 Å². The van der Waals surface area contributed by atoms with Crippen molar-refractivity contribution in [2.45, 2.75) is 25.4 Å². The maximum absolute atomic E-state index is 5.53. The van der Waals surface area contributed by atoms with E-state index in [0.717, 1.165) is 37.8 Å². The van der Waals surface area contributed by atoms with Gasteiger partial charge in [0.15, 0.2) is 5.96 Å². The maximum atomic E-state index is 5.53. The third kappa shape index (κ3) is 6.68. The molecular formula is C19H29IN4O2. The molecule has 1 unspecified atom stereocenters. The van der Waals surface area contributed by atoms with Crippen LogP contribution in [0.4, 0.5) is 0 Å². The van der Waals surface area contributed by atoms with Crippen LogP contribution in [-0.4, -0.2) is 56.8 Å². The number of likely N-dealkylation sites (tertiary alicyclic amines) is 1. The predicted molar refractivity (Wildman–Crippen MR) is 115 cm³/mol. The Morgan fingerprint density at radius 2 is 2.12 bits per heavy atom. The first-order valence-electron chi connectivity index (χ1n) is 9.00. The van der Waals surface area contributed by atoms with Crippen LogP contribution in [0.2, 0.25) is 0 Å². The summed E-state index contributed by atoms with van der Waals surface area (Å²) in [4.78, 5) is 6.83. The van der Waals surface area contributed by atoms with Crippen molar-refractivity contribution in [1.82, 2.24) is 15.5 Å². The van der Waals surface area contributed by atoms with Gasteiger partial charge in [-0.3, -0.25) is 9.89 Å². The van der Waals surface area contributed by atoms with Crippen LogP contribution < -0.4 is 10.6 Å². The van der Waals surface area contributed by atoms with Crippen LogP contribution in [0.5, 0.6) is 0 Å². The molecule has 0 bridgehead atoms. The van der Waals surface area contributed by atoms with Crippen LogP contribution >= 0.6 is 24.0 Å². The van der Waals surface area contributed by atoms with Crippen LogP contribution in [0.3, 0.4) is 0 Å². The molecule has 6 nitrogen and oxygen atoms in total. The first-order chi connectivity index (χ1) is 12.3. The first kappa shape index (κ1) is 20.8. The molecule has 1 aromatic rings. The molecule has 3 rings (SSSR count). The van der Waals surface area contributed by atoms with Crippen LogP contribution in [0.1, 0.15) is 18.4 Å². The molecule has 2 heterocycles. The van der Waals surface area contributed by atoms with Crippen molar-refractivity contribution >= 4 is 29.9 Å². The molecule has 1 atom stereocenters. The smallest absolute Gasteiger partial charge is 0.191 e. The van der Waals surface area contributed by atoms with Crippen molar-refractivity contribution in [1.29, 1.82) is 0 Å². The number of halogens is 1. The Balaban J connectivity index is 0.00000243. The summed E-state index contributed by atoms with van der Waals surface area (Å²) in [5.41, 5.74) is 1.37. The zero-order valence-corrected chi connectivity index (χ0v) is 17.6. The van der Waals surface area contributed by atoms with E-state index >= 15 is 0 Å². The summed E-state index contributed by atoms with van der Waals surface area (Å²) in [6, 6.07) is 11.1. The van der Waals surface area contributed by atoms with Gasteiger partial charge in [-0.1, -0.05) is 30.3 Å². The zero-order chi connectivity index (χ0) is 17.3. The van der Waals surface area contributed by atoms with Crippen LogP contribution in [0.15, 0.2) is 47.3 Å². The Labute approximate surface area is 173 Å². The Morgan fingerprint density at radius 1 is 1.27 bits per heavy atom. The normalized spacial score (nSPS) is 20.9. The lowest BCUT2D eigenvalue weighted by molar-refractivity contribution is 0.0822. The largest absolute Gasteiger partial charge is 0.494 e. The van der Waals surface area contributed by atoms with Crippen molar-refractivity contribution in [2.75, 3.05) is 39.9 Å². The minimum Gasteiger partial charge on any atom is -0.494 e. The highest BCUT2D eigenvalue weighted by atomic mass is 127. The van der Waals surface area contributed by atoms with Crippen LogP contribution in [-0.2, 0) is 16.0 Å². The van der Waals surface area contributed by atoms with Crippen LogP contribution in [0, 0.1) is 0 Å². The van der Waals surface area contributed by atoms with Gasteiger partial charge < -0.3 is 20.1 Å². The summed E-state index contributed by atoms with van der Waals surface area (Å²) in [6.45, 7) is 4.99. The van der Waals surface area contributed by atoms with Crippen molar-refractivity contribution in [3.63, 3.8) is 0 Å². The molecule has 0 aromatic heterocycles. The molecule has 2 aliphatic heterocycles. The Hall–Kier alpha value is -1.48. The molecule has 1 saturated heterocycles. The number of hydrogen-bond acceptors (Lipinski definition) is 4. The number of rotatable bonds is 5. The minimum atomic E-state index is 0. The number of ether oxygens (including phenoxy) is 2. The molecule has 7 heteroatoms. The number of hydrogen-bond donors (Lipinski definition) is 2. The molecule has 0 spiro atoms. The number of aliphatic imine (C=N–C) groups is 1. The van der Waals surface area contributed by atoms with E-state index in [0.29, 0.717) is 25.8 Å². The van der Waals surface area contributed by atoms with Gasteiger partial charge in [-0.2, -0.15) is 0 Å². The van der Waals surface area contributed by atoms with Crippen molar-refractivity contribution < 1.29 is 9.47 Å². The molecule has 0 amide bonds. The van der Waals surface area contributed by atoms with Gasteiger partial charge in [-0.25, -0.2) is 0 Å². The van der Waals surface area contributed by atoms with Gasteiger partial charge in [0.25, 0.3) is 0 Å². The molecule has 2 N–H and O–H groups in total. The summed E-state index contributed by atoms with van der Waals surface area (Å²) in [5, 5.41) is 6.83. The quantitative estimate of drug-likeness (QED) is 0.392. The monoisotopic (exact) mass is 472 g/mol. The lowest BCUT2D eigenvalue weighted by Crippen LogP contribution is -2.51. The fraction of sp³-hybridized carbons (Fsp3) is 0.526. The van der Waals surface area contributed by atoms with Gasteiger partial charge in [0.05, 0.1) is 6.54 Å². The number of nitrogens with zero attached hydrogens (tertiary/aromatic N) is 2. The molecule has 0 radical (unpaired) electrons. The highest BCUT2D eigenvalue weighted by molar-refractivity contribution is 14.0. The topological polar surface area (TPSA) is 58.1 Å². The number of benzene rings is 1. The third-order valence-electron chi connectivity index (χ3n) is 4.45. The van der Waals surface area contributed by atoms with E-state index in [1.165, 1.54) is 12.0 Å². The Kier molecular flexibility index (Phi) is 9.04. The molecule has 0 saturated carbocycles. The summed E-state index contributed by atoms with van der Waals surface area (Å²) in [5.74, 6) is 1.62. The molecule has 0 aliphatic carbocycles. The van der Waals surface area contributed by atoms with E-state index < -0.39 is 0 Å². The SMILES string of the molecule is CN=C(NCC1=COCCO1)NC1CCCN(Cc2ccccc2)C1.I. The minimum absolute atomic E-state index is 0. The van der Waals surface area contributed by atoms with Gasteiger partial charge in [-0.05, 0) is 24.9 Å². The highest BCUT2D eigenvalue weighted by Gasteiger charge is 2.21. The maximum Gasteiger partial charge on any atom is 0.191 e. The van der Waals surface area contributed by atoms with Crippen molar-refractivity contribution in [3.05, 3.63) is 47.9 Å². The number of nitrogens with one attached hydrogen (secondary N) is 2. The first-order valence-corrected chi connectivity index (χ1v) is 9.00. The van der Waals surface area contributed by atoms with E-state index in [1.54, 1.807) is 13.3 Å². The number of guanidine groups is 1. The van der Waals surface area contributed by atoms with Crippen molar-refractivity contribution in [3.8, 4) is 0 Å². The summed E-state index contributed by atoms with van der Waals surface area (Å²) < 4.78 is 10.8.